The monoisotopic (exact) mass is 425 g/mol. The molecule has 0 aliphatic carbocycles. The van der Waals surface area contributed by atoms with E-state index < -0.39 is 0 Å². The molecule has 154 valence electrons. The molecule has 0 saturated heterocycles. The molecule has 29 heavy (non-hydrogen) atoms. The Labute approximate surface area is 186 Å². The Hall–Kier alpha value is -2.16. The van der Waals surface area contributed by atoms with Crippen LogP contribution in [0.5, 0.6) is 0 Å². The average molecular weight is 426 g/mol. The van der Waals surface area contributed by atoms with Crippen LogP contribution in [0.25, 0.3) is 11.3 Å². The van der Waals surface area contributed by atoms with E-state index in [9.17, 15) is 0 Å². The maximum Gasteiger partial charge on any atom is 0.0617 e. The molecule has 2 aromatic carbocycles. The molecule has 0 bridgehead atoms. The molecule has 1 nitrogen and oxygen atoms in total. The molecule has 2 rings (SSSR count). The number of hydrogen-bond donors (Lipinski definition) is 0. The van der Waals surface area contributed by atoms with Gasteiger partial charge in [0.05, 0.1) is 5.70 Å². The highest BCUT2D eigenvalue weighted by molar-refractivity contribution is 7.96. The van der Waals surface area contributed by atoms with Crippen LogP contribution in [-0.2, 0) is 0 Å². The molecule has 0 unspecified atom stereocenters. The van der Waals surface area contributed by atoms with Crippen molar-refractivity contribution >= 4 is 34.8 Å². The molecule has 0 aliphatic heterocycles. The van der Waals surface area contributed by atoms with Gasteiger partial charge in [-0.2, -0.15) is 0 Å². The molecule has 0 atom stereocenters. The van der Waals surface area contributed by atoms with E-state index >= 15 is 0 Å². The maximum absolute atomic E-state index is 6.27. The fraction of sp³-hybridized carbons (Fsp3) is 0.231. The van der Waals surface area contributed by atoms with Crippen LogP contribution in [0.1, 0.15) is 37.5 Å². The summed E-state index contributed by atoms with van der Waals surface area (Å²) in [6.45, 7) is 16.4. The van der Waals surface area contributed by atoms with Crippen LogP contribution in [0, 0.1) is 6.92 Å². The van der Waals surface area contributed by atoms with E-state index in [1.54, 1.807) is 11.9 Å². The first-order chi connectivity index (χ1) is 13.9. The molecule has 3 heteroatoms. The summed E-state index contributed by atoms with van der Waals surface area (Å²) in [4.78, 5) is 0. The predicted octanol–water partition coefficient (Wildman–Crippen LogP) is 8.44. The molecule has 0 amide bonds. The zero-order valence-electron chi connectivity index (χ0n) is 18.4. The van der Waals surface area contributed by atoms with Crippen molar-refractivity contribution in [2.45, 2.75) is 27.7 Å². The van der Waals surface area contributed by atoms with Crippen LogP contribution in [-0.4, -0.2) is 17.6 Å². The molecule has 0 aliphatic rings. The molecule has 0 radical (unpaired) electrons. The first-order valence-corrected chi connectivity index (χ1v) is 11.3. The third kappa shape index (κ3) is 6.42. The van der Waals surface area contributed by atoms with Gasteiger partial charge in [-0.05, 0) is 42.7 Å². The smallest absolute Gasteiger partial charge is 0.0617 e. The van der Waals surface area contributed by atoms with Gasteiger partial charge in [0.2, 0.25) is 0 Å². The van der Waals surface area contributed by atoms with Gasteiger partial charge < -0.3 is 4.31 Å². The quantitative estimate of drug-likeness (QED) is 0.323. The number of nitrogens with zero attached hydrogens (tertiary/aromatic N) is 1. The van der Waals surface area contributed by atoms with Gasteiger partial charge in [-0.25, -0.2) is 0 Å². The summed E-state index contributed by atoms with van der Waals surface area (Å²) in [7, 11) is 2.05. The number of rotatable bonds is 7. The van der Waals surface area contributed by atoms with Crippen LogP contribution >= 0.6 is 23.5 Å². The Morgan fingerprint density at radius 1 is 0.966 bits per heavy atom. The lowest BCUT2D eigenvalue weighted by Gasteiger charge is -2.24. The van der Waals surface area contributed by atoms with E-state index in [4.69, 9.17) is 11.6 Å². The molecule has 0 fully saturated rings. The highest BCUT2D eigenvalue weighted by atomic mass is 35.5. The Bertz CT molecular complexity index is 891. The van der Waals surface area contributed by atoms with Gasteiger partial charge in [0.15, 0.2) is 0 Å². The summed E-state index contributed by atoms with van der Waals surface area (Å²) in [5.41, 5.74) is 7.77. The topological polar surface area (TPSA) is 3.24 Å². The van der Waals surface area contributed by atoms with Crippen LogP contribution in [0.3, 0.4) is 0 Å². The van der Waals surface area contributed by atoms with Crippen molar-refractivity contribution in [1.82, 2.24) is 4.31 Å². The second kappa shape index (κ2) is 12.4. The minimum atomic E-state index is 0.710. The van der Waals surface area contributed by atoms with Crippen molar-refractivity contribution in [3.05, 3.63) is 107 Å². The number of allylic oxidation sites excluding steroid dienone is 5. The zero-order chi connectivity index (χ0) is 22.0. The molecule has 2 aromatic rings. The average Bonchev–Trinajstić information content (AvgIpc) is 2.75. The van der Waals surface area contributed by atoms with E-state index in [1.807, 2.05) is 51.2 Å². The highest BCUT2D eigenvalue weighted by Gasteiger charge is 2.16. The number of benzene rings is 2. The van der Waals surface area contributed by atoms with E-state index in [1.165, 1.54) is 11.1 Å². The van der Waals surface area contributed by atoms with Crippen molar-refractivity contribution in [2.75, 3.05) is 13.3 Å². The SMILES string of the molecule is C=CC(=C(\c1cccc(Cl)c1)N(C)SC)/C(C=C)=C(\C)c1ccc(C)cc1.CC. The number of hydrogen-bond acceptors (Lipinski definition) is 2. The maximum atomic E-state index is 6.27. The molecule has 0 saturated carbocycles. The third-order valence-corrected chi connectivity index (χ3v) is 5.49. The zero-order valence-corrected chi connectivity index (χ0v) is 20.0. The van der Waals surface area contributed by atoms with Gasteiger partial charge >= 0.3 is 0 Å². The van der Waals surface area contributed by atoms with Gasteiger partial charge in [0.25, 0.3) is 0 Å². The first-order valence-electron chi connectivity index (χ1n) is 9.74. The summed E-state index contributed by atoms with van der Waals surface area (Å²) < 4.78 is 2.13. The van der Waals surface area contributed by atoms with Gasteiger partial charge in [0.1, 0.15) is 0 Å². The molecule has 0 N–H and O–H groups in total. The number of halogens is 1. The lowest BCUT2D eigenvalue weighted by atomic mass is 9.92. The Morgan fingerprint density at radius 3 is 2.03 bits per heavy atom. The highest BCUT2D eigenvalue weighted by Crippen LogP contribution is 2.35. The van der Waals surface area contributed by atoms with E-state index in [-0.39, 0.29) is 0 Å². The summed E-state index contributed by atoms with van der Waals surface area (Å²) in [6, 6.07) is 16.5. The van der Waals surface area contributed by atoms with E-state index in [2.05, 4.69) is 67.9 Å². The molecule has 0 heterocycles. The normalized spacial score (nSPS) is 12.1. The molecule has 0 aromatic heterocycles. The Kier molecular flexibility index (Phi) is 10.6. The summed E-state index contributed by atoms with van der Waals surface area (Å²) >= 11 is 7.91. The lowest BCUT2D eigenvalue weighted by Crippen LogP contribution is -2.10. The third-order valence-electron chi connectivity index (χ3n) is 4.53. The van der Waals surface area contributed by atoms with E-state index in [0.29, 0.717) is 5.02 Å². The van der Waals surface area contributed by atoms with Crippen molar-refractivity contribution in [1.29, 1.82) is 0 Å². The van der Waals surface area contributed by atoms with Crippen LogP contribution in [0.15, 0.2) is 85.0 Å². The lowest BCUT2D eigenvalue weighted by molar-refractivity contribution is 0.804. The fourth-order valence-electron chi connectivity index (χ4n) is 2.99. The second-order valence-corrected chi connectivity index (χ2v) is 7.61. The fourth-order valence-corrected chi connectivity index (χ4v) is 3.57. The van der Waals surface area contributed by atoms with Crippen molar-refractivity contribution in [3.8, 4) is 0 Å². The standard InChI is InChI=1S/C24H26ClNS.C2H6/c1-7-22(18(4)19-14-12-17(3)13-15-19)23(8-2)24(26(5)27-6)20-10-9-11-21(25)16-20;1-2/h7-16H,1-2H2,3-6H3;1-2H3/b22-18+,24-23-;. The van der Waals surface area contributed by atoms with Crippen molar-refractivity contribution in [3.63, 3.8) is 0 Å². The summed E-state index contributed by atoms with van der Waals surface area (Å²) in [5.74, 6) is 0. The van der Waals surface area contributed by atoms with Gasteiger partial charge in [-0.1, -0.05) is 105 Å². The molecule has 0 spiro atoms. The summed E-state index contributed by atoms with van der Waals surface area (Å²) in [6.07, 6.45) is 5.86. The van der Waals surface area contributed by atoms with Gasteiger partial charge in [-0.3, -0.25) is 0 Å². The van der Waals surface area contributed by atoms with Crippen molar-refractivity contribution in [2.24, 2.45) is 0 Å². The second-order valence-electron chi connectivity index (χ2n) is 6.27. The van der Waals surface area contributed by atoms with Crippen molar-refractivity contribution < 1.29 is 0 Å². The van der Waals surface area contributed by atoms with Crippen LogP contribution < -0.4 is 0 Å². The largest absolute Gasteiger partial charge is 0.318 e. The minimum absolute atomic E-state index is 0.710. The molecular formula is C26H32ClNS. The van der Waals surface area contributed by atoms with Crippen LogP contribution in [0.2, 0.25) is 5.02 Å². The van der Waals surface area contributed by atoms with Gasteiger partial charge in [0, 0.05) is 29.5 Å². The van der Waals surface area contributed by atoms with E-state index in [0.717, 1.165) is 28.0 Å². The Morgan fingerprint density at radius 2 is 1.55 bits per heavy atom. The Balaban J connectivity index is 0.00000204. The number of aryl methyl sites for hydroxylation is 1. The minimum Gasteiger partial charge on any atom is -0.318 e. The first kappa shape index (κ1) is 24.9. The van der Waals surface area contributed by atoms with Gasteiger partial charge in [-0.15, -0.1) is 0 Å². The summed E-state index contributed by atoms with van der Waals surface area (Å²) in [5, 5.41) is 0.710. The predicted molar refractivity (Wildman–Crippen MR) is 135 cm³/mol. The molecular weight excluding hydrogens is 394 g/mol. The van der Waals surface area contributed by atoms with Crippen LogP contribution in [0.4, 0.5) is 0 Å².